The van der Waals surface area contributed by atoms with Gasteiger partial charge < -0.3 is 19.6 Å². The third-order valence-corrected chi connectivity index (χ3v) is 10.9. The molecule has 0 unspecified atom stereocenters. The molecule has 2 fully saturated rings. The highest BCUT2D eigenvalue weighted by Gasteiger charge is 2.49. The summed E-state index contributed by atoms with van der Waals surface area (Å²) in [6, 6.07) is 6.91. The van der Waals surface area contributed by atoms with E-state index in [2.05, 4.69) is 40.9 Å². The fraction of sp³-hybridized carbons (Fsp3) is 0.515. The Morgan fingerprint density at radius 2 is 1.98 bits per heavy atom. The fourth-order valence-corrected chi connectivity index (χ4v) is 8.53. The SMILES string of the molecule is CCc1c(F)ccc2cc(O)cc(N3CCc4c(nc(OC[C@@]56CCCN5C[C@H](F)C6)nc4N4CCCn5nnc(Br)c5C4)C3)c12. The maximum absolute atomic E-state index is 15.0. The van der Waals surface area contributed by atoms with Crippen LogP contribution in [0.25, 0.3) is 10.8 Å². The number of aromatic nitrogens is 5. The number of nitrogens with zero attached hydrogens (tertiary/aromatic N) is 8. The van der Waals surface area contributed by atoms with Crippen molar-refractivity contribution in [3.63, 3.8) is 0 Å². The molecule has 2 aromatic carbocycles. The molecule has 0 aliphatic carbocycles. The minimum absolute atomic E-state index is 0.137. The molecule has 0 spiro atoms. The first-order valence-corrected chi connectivity index (χ1v) is 17.0. The van der Waals surface area contributed by atoms with E-state index in [4.69, 9.17) is 14.7 Å². The molecule has 4 aliphatic heterocycles. The predicted octanol–water partition coefficient (Wildman–Crippen LogP) is 5.32. The van der Waals surface area contributed by atoms with Crippen molar-refractivity contribution in [1.29, 1.82) is 0 Å². The van der Waals surface area contributed by atoms with Gasteiger partial charge in [-0.1, -0.05) is 18.2 Å². The van der Waals surface area contributed by atoms with Crippen molar-refractivity contribution in [3.05, 3.63) is 57.2 Å². The van der Waals surface area contributed by atoms with Crippen LogP contribution in [0.4, 0.5) is 20.3 Å². The van der Waals surface area contributed by atoms with Gasteiger partial charge in [0, 0.05) is 55.3 Å². The number of anilines is 2. The van der Waals surface area contributed by atoms with E-state index in [1.807, 2.05) is 11.6 Å². The molecular formula is C33H37BrF2N8O2. The number of fused-ring (bicyclic) bond motifs is 4. The van der Waals surface area contributed by atoms with E-state index < -0.39 is 6.17 Å². The number of alkyl halides is 1. The second-order valence-electron chi connectivity index (χ2n) is 13.1. The molecule has 6 heterocycles. The van der Waals surface area contributed by atoms with E-state index >= 15 is 4.39 Å². The standard InChI is InChI=1S/C33H37BrF2N8O2/c1-2-23-25(36)6-5-20-13-22(45)14-27(29(20)23)41-12-7-24-26(17-41)37-32(46-19-33-8-3-10-43(33)16-21(35)15-33)38-31(24)42-9-4-11-44-28(18-42)30(34)39-40-44/h5-6,13-14,21,45H,2-4,7-12,15-19H2,1H3/t21-,33+/m1/s1. The number of phenols is 1. The van der Waals surface area contributed by atoms with Gasteiger partial charge in [-0.15, -0.1) is 5.10 Å². The summed E-state index contributed by atoms with van der Waals surface area (Å²) >= 11 is 3.58. The second kappa shape index (κ2) is 11.6. The Morgan fingerprint density at radius 1 is 1.09 bits per heavy atom. The maximum Gasteiger partial charge on any atom is 0.318 e. The van der Waals surface area contributed by atoms with Crippen LogP contribution in [0, 0.1) is 5.82 Å². The van der Waals surface area contributed by atoms with Crippen molar-refractivity contribution in [2.75, 3.05) is 42.6 Å². The highest BCUT2D eigenvalue weighted by atomic mass is 79.9. The van der Waals surface area contributed by atoms with Gasteiger partial charge in [-0.3, -0.25) is 4.90 Å². The van der Waals surface area contributed by atoms with Crippen molar-refractivity contribution in [1.82, 2.24) is 29.9 Å². The molecule has 10 nitrogen and oxygen atoms in total. The third kappa shape index (κ3) is 5.06. The number of benzene rings is 2. The number of halogens is 3. The van der Waals surface area contributed by atoms with Gasteiger partial charge in [0.25, 0.3) is 0 Å². The molecule has 0 radical (unpaired) electrons. The molecule has 2 saturated heterocycles. The lowest BCUT2D eigenvalue weighted by Gasteiger charge is -2.35. The number of hydrogen-bond donors (Lipinski definition) is 1. The van der Waals surface area contributed by atoms with Crippen LogP contribution in [0.15, 0.2) is 28.9 Å². The van der Waals surface area contributed by atoms with E-state index in [1.54, 1.807) is 18.2 Å². The Balaban J connectivity index is 1.18. The Kier molecular flexibility index (Phi) is 7.51. The van der Waals surface area contributed by atoms with E-state index in [0.29, 0.717) is 57.6 Å². The molecule has 2 aromatic heterocycles. The highest BCUT2D eigenvalue weighted by molar-refractivity contribution is 9.10. The van der Waals surface area contributed by atoms with Crippen molar-refractivity contribution >= 4 is 38.2 Å². The predicted molar refractivity (Wildman–Crippen MR) is 174 cm³/mol. The van der Waals surface area contributed by atoms with E-state index in [-0.39, 0.29) is 23.1 Å². The zero-order chi connectivity index (χ0) is 31.6. The lowest BCUT2D eigenvalue weighted by atomic mass is 9.95. The molecule has 0 amide bonds. The summed E-state index contributed by atoms with van der Waals surface area (Å²) in [7, 11) is 0. The smallest absolute Gasteiger partial charge is 0.318 e. The minimum Gasteiger partial charge on any atom is -0.508 e. The number of aryl methyl sites for hydroxylation is 2. The molecule has 0 saturated carbocycles. The van der Waals surface area contributed by atoms with Crippen LogP contribution in [-0.2, 0) is 32.5 Å². The number of ether oxygens (including phenoxy) is 1. The lowest BCUT2D eigenvalue weighted by Crippen LogP contribution is -2.43. The van der Waals surface area contributed by atoms with Crippen molar-refractivity contribution < 1.29 is 18.6 Å². The van der Waals surface area contributed by atoms with Crippen LogP contribution < -0.4 is 14.5 Å². The maximum atomic E-state index is 15.0. The first kappa shape index (κ1) is 29.8. The summed E-state index contributed by atoms with van der Waals surface area (Å²) in [6.07, 6.45) is 3.62. The highest BCUT2D eigenvalue weighted by Crippen LogP contribution is 2.42. The average Bonchev–Trinajstić information content (AvgIpc) is 3.63. The number of hydrogen-bond acceptors (Lipinski definition) is 9. The molecule has 4 aliphatic rings. The molecule has 8 rings (SSSR count). The van der Waals surface area contributed by atoms with Gasteiger partial charge in [0.1, 0.15) is 30.2 Å². The molecule has 13 heteroatoms. The van der Waals surface area contributed by atoms with Gasteiger partial charge in [0.2, 0.25) is 0 Å². The second-order valence-corrected chi connectivity index (χ2v) is 13.8. The average molecular weight is 696 g/mol. The number of aromatic hydroxyl groups is 1. The first-order valence-electron chi connectivity index (χ1n) is 16.3. The number of rotatable bonds is 6. The van der Waals surface area contributed by atoms with Gasteiger partial charge in [0.15, 0.2) is 4.60 Å². The Bertz CT molecular complexity index is 1820. The van der Waals surface area contributed by atoms with Crippen LogP contribution in [0.3, 0.4) is 0 Å². The van der Waals surface area contributed by atoms with Gasteiger partial charge in [0.05, 0.1) is 30.0 Å². The Morgan fingerprint density at radius 3 is 2.85 bits per heavy atom. The molecule has 0 bridgehead atoms. The van der Waals surface area contributed by atoms with Crippen LogP contribution >= 0.6 is 15.9 Å². The van der Waals surface area contributed by atoms with Crippen LogP contribution in [-0.4, -0.2) is 79.5 Å². The van der Waals surface area contributed by atoms with Crippen LogP contribution in [0.1, 0.15) is 55.1 Å². The molecule has 242 valence electrons. The summed E-state index contributed by atoms with van der Waals surface area (Å²) in [5, 5.41) is 20.8. The van der Waals surface area contributed by atoms with Crippen molar-refractivity contribution in [3.8, 4) is 11.8 Å². The van der Waals surface area contributed by atoms with Gasteiger partial charge >= 0.3 is 6.01 Å². The third-order valence-electron chi connectivity index (χ3n) is 10.3. The summed E-state index contributed by atoms with van der Waals surface area (Å²) in [5.41, 5.74) is 3.98. The van der Waals surface area contributed by atoms with Gasteiger partial charge in [-0.05, 0) is 77.7 Å². The van der Waals surface area contributed by atoms with Crippen molar-refractivity contribution in [2.45, 2.75) is 76.8 Å². The summed E-state index contributed by atoms with van der Waals surface area (Å²) in [4.78, 5) is 16.7. The molecular weight excluding hydrogens is 658 g/mol. The van der Waals surface area contributed by atoms with E-state index in [0.717, 1.165) is 82.7 Å². The zero-order valence-corrected chi connectivity index (χ0v) is 27.4. The van der Waals surface area contributed by atoms with Crippen LogP contribution in [0.5, 0.6) is 11.8 Å². The zero-order valence-electron chi connectivity index (χ0n) is 25.9. The summed E-state index contributed by atoms with van der Waals surface area (Å²) in [5.74, 6) is 0.721. The Labute approximate surface area is 274 Å². The lowest BCUT2D eigenvalue weighted by molar-refractivity contribution is 0.107. The van der Waals surface area contributed by atoms with Crippen molar-refractivity contribution in [2.24, 2.45) is 0 Å². The van der Waals surface area contributed by atoms with Gasteiger partial charge in [-0.2, -0.15) is 9.97 Å². The van der Waals surface area contributed by atoms with Crippen LogP contribution in [0.2, 0.25) is 0 Å². The quantitative estimate of drug-likeness (QED) is 0.288. The van der Waals surface area contributed by atoms with E-state index in [1.165, 1.54) is 6.07 Å². The van der Waals surface area contributed by atoms with E-state index in [9.17, 15) is 9.50 Å². The molecule has 46 heavy (non-hydrogen) atoms. The normalized spacial score (nSPS) is 23.0. The number of phenolic OH excluding ortho intramolecular Hbond substituents is 1. The van der Waals surface area contributed by atoms with Gasteiger partial charge in [-0.25, -0.2) is 13.5 Å². The summed E-state index contributed by atoms with van der Waals surface area (Å²) < 4.78 is 38.7. The fourth-order valence-electron chi connectivity index (χ4n) is 8.13. The molecule has 2 atom stereocenters. The molecule has 1 N–H and O–H groups in total. The summed E-state index contributed by atoms with van der Waals surface area (Å²) in [6.45, 7) is 6.85. The Hall–Kier alpha value is -3.58. The monoisotopic (exact) mass is 694 g/mol. The molecule has 4 aromatic rings. The largest absolute Gasteiger partial charge is 0.508 e. The topological polar surface area (TPSA) is 95.7 Å². The minimum atomic E-state index is -0.846. The first-order chi connectivity index (χ1) is 22.3.